The van der Waals surface area contributed by atoms with Gasteiger partial charge in [0.2, 0.25) is 0 Å². The lowest BCUT2D eigenvalue weighted by Crippen LogP contribution is -2.39. The van der Waals surface area contributed by atoms with Gasteiger partial charge in [-0.1, -0.05) is 6.92 Å². The normalized spacial score (nSPS) is 15.7. The van der Waals surface area contributed by atoms with Crippen molar-refractivity contribution in [2.75, 3.05) is 33.4 Å². The number of hydrogen-bond acceptors (Lipinski definition) is 5. The molecular formula is C20H34N2O5. The molecule has 0 aromatic rings. The highest BCUT2D eigenvalue weighted by Crippen LogP contribution is 2.23. The predicted molar refractivity (Wildman–Crippen MR) is 104 cm³/mol. The van der Waals surface area contributed by atoms with E-state index in [-0.39, 0.29) is 12.5 Å². The Bertz CT molecular complexity index is 595. The fraction of sp³-hybridized carbons (Fsp3) is 0.700. The van der Waals surface area contributed by atoms with Crippen LogP contribution < -0.4 is 0 Å². The lowest BCUT2D eigenvalue weighted by Gasteiger charge is -2.32. The number of rotatable bonds is 9. The molecule has 0 aromatic carbocycles. The van der Waals surface area contributed by atoms with Crippen LogP contribution in [-0.2, 0) is 19.0 Å². The molecule has 1 rings (SSSR count). The van der Waals surface area contributed by atoms with E-state index in [9.17, 15) is 9.59 Å². The number of hydrogen-bond donors (Lipinski definition) is 0. The number of nitrogens with zero attached hydrogens (tertiary/aromatic N) is 2. The maximum absolute atomic E-state index is 12.6. The van der Waals surface area contributed by atoms with E-state index in [1.165, 1.54) is 0 Å². The second kappa shape index (κ2) is 10.3. The molecule has 7 nitrogen and oxygen atoms in total. The van der Waals surface area contributed by atoms with Crippen molar-refractivity contribution in [3.8, 4) is 0 Å². The van der Waals surface area contributed by atoms with Gasteiger partial charge in [-0.15, -0.1) is 0 Å². The van der Waals surface area contributed by atoms with Crippen molar-refractivity contribution in [3.05, 3.63) is 23.2 Å². The summed E-state index contributed by atoms with van der Waals surface area (Å²) in [6.07, 6.45) is 2.85. The van der Waals surface area contributed by atoms with E-state index in [2.05, 4.69) is 0 Å². The Morgan fingerprint density at radius 2 is 2.04 bits per heavy atom. The van der Waals surface area contributed by atoms with Crippen molar-refractivity contribution in [2.45, 2.75) is 60.0 Å². The van der Waals surface area contributed by atoms with Crippen LogP contribution in [-0.4, -0.2) is 60.8 Å². The third-order valence-corrected chi connectivity index (χ3v) is 4.62. The Labute approximate surface area is 162 Å². The van der Waals surface area contributed by atoms with Crippen molar-refractivity contribution in [1.82, 2.24) is 9.80 Å². The fourth-order valence-corrected chi connectivity index (χ4v) is 2.60. The van der Waals surface area contributed by atoms with Crippen LogP contribution in [0, 0.1) is 0 Å². The molecule has 1 aliphatic rings. The molecule has 0 aliphatic carbocycles. The largest absolute Gasteiger partial charge is 0.486 e. The number of ether oxygens (including phenoxy) is 3. The van der Waals surface area contributed by atoms with Gasteiger partial charge in [-0.25, -0.2) is 4.79 Å². The van der Waals surface area contributed by atoms with Crippen molar-refractivity contribution < 1.29 is 23.8 Å². The van der Waals surface area contributed by atoms with Crippen LogP contribution in [0.15, 0.2) is 23.2 Å². The molecule has 154 valence electrons. The number of amides is 2. The van der Waals surface area contributed by atoms with Gasteiger partial charge in [0.1, 0.15) is 11.4 Å². The van der Waals surface area contributed by atoms with Gasteiger partial charge in [-0.2, -0.15) is 0 Å². The van der Waals surface area contributed by atoms with Gasteiger partial charge in [0, 0.05) is 32.5 Å². The lowest BCUT2D eigenvalue weighted by molar-refractivity contribution is -0.135. The summed E-state index contributed by atoms with van der Waals surface area (Å²) >= 11 is 0. The zero-order chi connectivity index (χ0) is 20.6. The minimum absolute atomic E-state index is 0.0272. The van der Waals surface area contributed by atoms with Crippen LogP contribution in [0.5, 0.6) is 0 Å². The molecule has 0 radical (unpaired) electrons. The van der Waals surface area contributed by atoms with Gasteiger partial charge in [-0.05, 0) is 53.5 Å². The van der Waals surface area contributed by atoms with Crippen molar-refractivity contribution >= 4 is 12.0 Å². The highest BCUT2D eigenvalue weighted by atomic mass is 16.6. The Hall–Kier alpha value is -2.02. The molecule has 1 heterocycles. The molecule has 0 aromatic heterocycles. The second-order valence-electron chi connectivity index (χ2n) is 7.13. The zero-order valence-corrected chi connectivity index (χ0v) is 17.8. The first-order valence-corrected chi connectivity index (χ1v) is 9.48. The van der Waals surface area contributed by atoms with Crippen LogP contribution in [0.4, 0.5) is 4.79 Å². The summed E-state index contributed by atoms with van der Waals surface area (Å²) in [5.41, 5.74) is 0.829. The van der Waals surface area contributed by atoms with E-state index in [4.69, 9.17) is 14.2 Å². The molecule has 0 spiro atoms. The van der Waals surface area contributed by atoms with E-state index >= 15 is 0 Å². The Morgan fingerprint density at radius 3 is 2.59 bits per heavy atom. The quantitative estimate of drug-likeness (QED) is 0.569. The summed E-state index contributed by atoms with van der Waals surface area (Å²) in [5.74, 6) is 0.554. The summed E-state index contributed by atoms with van der Waals surface area (Å²) in [5, 5.41) is 0. The molecule has 0 saturated heterocycles. The van der Waals surface area contributed by atoms with Crippen molar-refractivity contribution in [1.29, 1.82) is 0 Å². The Balaban J connectivity index is 3.06. The summed E-state index contributed by atoms with van der Waals surface area (Å²) in [6.45, 7) is 12.9. The maximum atomic E-state index is 12.6. The van der Waals surface area contributed by atoms with E-state index in [0.29, 0.717) is 36.8 Å². The van der Waals surface area contributed by atoms with Gasteiger partial charge >= 0.3 is 6.09 Å². The van der Waals surface area contributed by atoms with E-state index < -0.39 is 11.7 Å². The lowest BCUT2D eigenvalue weighted by atomic mass is 10.1. The van der Waals surface area contributed by atoms with E-state index in [0.717, 1.165) is 12.8 Å². The number of carbonyl (C=O) groups is 2. The fourth-order valence-electron chi connectivity index (χ4n) is 2.60. The molecule has 0 fully saturated rings. The topological polar surface area (TPSA) is 68.3 Å². The van der Waals surface area contributed by atoms with Crippen LogP contribution in [0.3, 0.4) is 0 Å². The van der Waals surface area contributed by atoms with Crippen molar-refractivity contribution in [2.24, 2.45) is 0 Å². The zero-order valence-electron chi connectivity index (χ0n) is 17.8. The molecule has 7 heteroatoms. The number of allylic oxidation sites excluding steroid dienone is 3. The Morgan fingerprint density at radius 1 is 1.37 bits per heavy atom. The van der Waals surface area contributed by atoms with Crippen LogP contribution in [0.25, 0.3) is 0 Å². The van der Waals surface area contributed by atoms with Gasteiger partial charge in [0.25, 0.3) is 5.91 Å². The minimum Gasteiger partial charge on any atom is -0.486 e. The molecule has 1 aliphatic heterocycles. The highest BCUT2D eigenvalue weighted by molar-refractivity contribution is 5.81. The van der Waals surface area contributed by atoms with E-state index in [1.807, 2.05) is 47.6 Å². The summed E-state index contributed by atoms with van der Waals surface area (Å²) in [6, 6.07) is 0. The number of methoxy groups -OCH3 is 1. The molecule has 0 unspecified atom stereocenters. The molecule has 0 saturated carbocycles. The standard InChI is InChI=1S/C20H34N2O5/c1-8-20(5,6)27-19(24)21(9-2)15(3)13-17-16(4)26-14-18(23)22(17)11-10-12-25-7/h13H,8-12,14H2,1-7H3/b15-13+. The third-order valence-electron chi connectivity index (χ3n) is 4.62. The van der Waals surface area contributed by atoms with Gasteiger partial charge in [0.15, 0.2) is 6.61 Å². The first kappa shape index (κ1) is 23.0. The monoisotopic (exact) mass is 382 g/mol. The molecule has 27 heavy (non-hydrogen) atoms. The predicted octanol–water partition coefficient (Wildman–Crippen LogP) is 3.66. The third kappa shape index (κ3) is 6.57. The highest BCUT2D eigenvalue weighted by Gasteiger charge is 2.28. The summed E-state index contributed by atoms with van der Waals surface area (Å²) in [7, 11) is 1.63. The molecular weight excluding hydrogens is 348 g/mol. The average Bonchev–Trinajstić information content (AvgIpc) is 2.60. The van der Waals surface area contributed by atoms with E-state index in [1.54, 1.807) is 16.9 Å². The van der Waals surface area contributed by atoms with Gasteiger partial charge in [-0.3, -0.25) is 9.69 Å². The molecule has 2 amide bonds. The SMILES string of the molecule is CCN(C(=O)OC(C)(C)CC)/C(C)=C/C1=C(C)OCC(=O)N1CCCOC. The first-order valence-electron chi connectivity index (χ1n) is 9.48. The van der Waals surface area contributed by atoms with Crippen LogP contribution in [0.1, 0.15) is 54.4 Å². The van der Waals surface area contributed by atoms with Crippen LogP contribution >= 0.6 is 0 Å². The number of carbonyl (C=O) groups excluding carboxylic acids is 2. The smallest absolute Gasteiger partial charge is 0.414 e. The average molecular weight is 383 g/mol. The van der Waals surface area contributed by atoms with Crippen molar-refractivity contribution in [3.63, 3.8) is 0 Å². The molecule has 0 atom stereocenters. The summed E-state index contributed by atoms with van der Waals surface area (Å²) < 4.78 is 16.2. The first-order chi connectivity index (χ1) is 12.7. The minimum atomic E-state index is -0.532. The van der Waals surface area contributed by atoms with Crippen LogP contribution in [0.2, 0.25) is 0 Å². The van der Waals surface area contributed by atoms with Gasteiger partial charge in [0.05, 0.1) is 5.70 Å². The molecule has 0 bridgehead atoms. The Kier molecular flexibility index (Phi) is 8.82. The maximum Gasteiger partial charge on any atom is 0.414 e. The second-order valence-corrected chi connectivity index (χ2v) is 7.13. The summed E-state index contributed by atoms with van der Waals surface area (Å²) in [4.78, 5) is 28.2. The van der Waals surface area contributed by atoms with Gasteiger partial charge < -0.3 is 19.1 Å². The molecule has 0 N–H and O–H groups in total.